The Hall–Kier alpha value is -3.64. The van der Waals surface area contributed by atoms with E-state index in [0.717, 1.165) is 37.3 Å². The fraction of sp³-hybridized carbons (Fsp3) is 0.333. The van der Waals surface area contributed by atoms with Gasteiger partial charge in [0.05, 0.1) is 44.0 Å². The van der Waals surface area contributed by atoms with E-state index in [2.05, 4.69) is 25.5 Å². The lowest BCUT2D eigenvalue weighted by atomic mass is 10.0. The Morgan fingerprint density at radius 3 is 2.90 bits per heavy atom. The van der Waals surface area contributed by atoms with E-state index in [-0.39, 0.29) is 5.69 Å². The van der Waals surface area contributed by atoms with E-state index in [1.54, 1.807) is 7.11 Å². The molecule has 1 saturated heterocycles. The summed E-state index contributed by atoms with van der Waals surface area (Å²) in [6.07, 6.45) is 5.05. The zero-order chi connectivity index (χ0) is 20.8. The van der Waals surface area contributed by atoms with Crippen molar-refractivity contribution in [2.45, 2.75) is 12.8 Å². The molecule has 0 amide bonds. The Kier molecular flexibility index (Phi) is 6.06. The molecule has 3 aromatic rings. The summed E-state index contributed by atoms with van der Waals surface area (Å²) in [7, 11) is 1.62. The second-order valence-electron chi connectivity index (χ2n) is 6.92. The van der Waals surface area contributed by atoms with Crippen LogP contribution in [0.1, 0.15) is 18.5 Å². The van der Waals surface area contributed by atoms with Crippen LogP contribution in [0.3, 0.4) is 0 Å². The smallest absolute Gasteiger partial charge is 0.158 e. The third kappa shape index (κ3) is 4.50. The van der Waals surface area contributed by atoms with Crippen molar-refractivity contribution in [3.8, 4) is 28.8 Å². The number of methoxy groups -OCH3 is 1. The average Bonchev–Trinajstić information content (AvgIpc) is 3.26. The molecule has 0 bridgehead atoms. The lowest BCUT2D eigenvalue weighted by Gasteiger charge is -2.23. The third-order valence-corrected chi connectivity index (χ3v) is 4.81. The number of aromatic amines is 1. The van der Waals surface area contributed by atoms with E-state index >= 15 is 0 Å². The highest BCUT2D eigenvalue weighted by atomic mass is 16.5. The van der Waals surface area contributed by atoms with E-state index in [1.807, 2.05) is 30.3 Å². The van der Waals surface area contributed by atoms with Gasteiger partial charge in [0.1, 0.15) is 23.4 Å². The summed E-state index contributed by atoms with van der Waals surface area (Å²) in [4.78, 5) is 8.14. The van der Waals surface area contributed by atoms with Crippen LogP contribution in [0.4, 0.5) is 11.6 Å². The molecule has 0 spiro atoms. The maximum Gasteiger partial charge on any atom is 0.158 e. The number of ether oxygens (including phenoxy) is 3. The number of anilines is 2. The van der Waals surface area contributed by atoms with Crippen molar-refractivity contribution < 1.29 is 14.2 Å². The predicted octanol–water partition coefficient (Wildman–Crippen LogP) is 3.30. The molecule has 1 atom stereocenters. The Morgan fingerprint density at radius 2 is 2.17 bits per heavy atom. The Morgan fingerprint density at radius 1 is 1.27 bits per heavy atom. The summed E-state index contributed by atoms with van der Waals surface area (Å²) in [5.74, 6) is 2.82. The summed E-state index contributed by atoms with van der Waals surface area (Å²) < 4.78 is 17.3. The summed E-state index contributed by atoms with van der Waals surface area (Å²) in [5.41, 5.74) is 1.79. The normalized spacial score (nSPS) is 15.9. The molecule has 0 saturated carbocycles. The van der Waals surface area contributed by atoms with Crippen LogP contribution in [0, 0.1) is 17.2 Å². The fourth-order valence-corrected chi connectivity index (χ4v) is 3.31. The molecule has 2 N–H and O–H groups in total. The minimum absolute atomic E-state index is 0.252. The summed E-state index contributed by atoms with van der Waals surface area (Å²) in [6.45, 7) is 2.14. The van der Waals surface area contributed by atoms with Gasteiger partial charge >= 0.3 is 0 Å². The zero-order valence-electron chi connectivity index (χ0n) is 16.6. The van der Waals surface area contributed by atoms with E-state index in [0.29, 0.717) is 35.7 Å². The molecule has 1 aromatic carbocycles. The predicted molar refractivity (Wildman–Crippen MR) is 110 cm³/mol. The second-order valence-corrected chi connectivity index (χ2v) is 6.92. The molecule has 30 heavy (non-hydrogen) atoms. The summed E-state index contributed by atoms with van der Waals surface area (Å²) in [5, 5.41) is 19.2. The third-order valence-electron chi connectivity index (χ3n) is 4.81. The van der Waals surface area contributed by atoms with Crippen molar-refractivity contribution in [3.05, 3.63) is 42.4 Å². The molecule has 2 aromatic heterocycles. The minimum Gasteiger partial charge on any atom is -0.496 e. The van der Waals surface area contributed by atoms with Gasteiger partial charge in [-0.05, 0) is 25.0 Å². The van der Waals surface area contributed by atoms with Crippen molar-refractivity contribution in [3.63, 3.8) is 0 Å². The number of nitriles is 1. The van der Waals surface area contributed by atoms with Crippen LogP contribution in [-0.2, 0) is 4.74 Å². The highest BCUT2D eigenvalue weighted by molar-refractivity contribution is 5.76. The molecule has 1 fully saturated rings. The molecule has 1 unspecified atom stereocenters. The van der Waals surface area contributed by atoms with Crippen LogP contribution in [0.15, 0.2) is 36.7 Å². The number of H-pyrrole nitrogens is 1. The average molecular weight is 406 g/mol. The standard InChI is InChI=1S/C21H22N6O3/c1-28-17-5-2-6-18(30-13-14-4-3-7-29-12-14)21(17)16-8-19(27-26-16)25-20-11-23-15(9-22)10-24-20/h2,5-6,8,10-11,14H,3-4,7,12-13H2,1H3,(H2,24,25,26,27). The van der Waals surface area contributed by atoms with Gasteiger partial charge in [0.25, 0.3) is 0 Å². The first-order valence-electron chi connectivity index (χ1n) is 9.69. The second kappa shape index (κ2) is 9.24. The SMILES string of the molecule is COc1cccc(OCC2CCCOC2)c1-c1cc(Nc2cnc(C#N)cn2)n[nH]1. The van der Waals surface area contributed by atoms with E-state index in [9.17, 15) is 0 Å². The lowest BCUT2D eigenvalue weighted by Crippen LogP contribution is -2.23. The molecule has 9 nitrogen and oxygen atoms in total. The lowest BCUT2D eigenvalue weighted by molar-refractivity contribution is 0.0352. The van der Waals surface area contributed by atoms with E-state index in [4.69, 9.17) is 19.5 Å². The number of nitrogens with one attached hydrogen (secondary N) is 2. The van der Waals surface area contributed by atoms with Gasteiger partial charge in [0.2, 0.25) is 0 Å². The molecule has 1 aliphatic heterocycles. The molecule has 0 aliphatic carbocycles. The van der Waals surface area contributed by atoms with Gasteiger partial charge in [0, 0.05) is 18.6 Å². The topological polar surface area (TPSA) is 118 Å². The molecule has 1 aliphatic rings. The summed E-state index contributed by atoms with van der Waals surface area (Å²) in [6, 6.07) is 9.48. The first-order valence-corrected chi connectivity index (χ1v) is 9.69. The van der Waals surface area contributed by atoms with Gasteiger partial charge in [-0.15, -0.1) is 0 Å². The number of hydrogen-bond acceptors (Lipinski definition) is 8. The molecular formula is C21H22N6O3. The van der Waals surface area contributed by atoms with Crippen LogP contribution < -0.4 is 14.8 Å². The Labute approximate surface area is 174 Å². The first-order chi connectivity index (χ1) is 14.8. The highest BCUT2D eigenvalue weighted by Gasteiger charge is 2.19. The molecule has 3 heterocycles. The van der Waals surface area contributed by atoms with Crippen LogP contribution >= 0.6 is 0 Å². The van der Waals surface area contributed by atoms with Gasteiger partial charge in [0.15, 0.2) is 11.5 Å². The van der Waals surface area contributed by atoms with Crippen molar-refractivity contribution in [2.75, 3.05) is 32.2 Å². The Balaban J connectivity index is 1.54. The molecule has 0 radical (unpaired) electrons. The van der Waals surface area contributed by atoms with Gasteiger partial charge in [-0.2, -0.15) is 10.4 Å². The van der Waals surface area contributed by atoms with Crippen LogP contribution in [0.5, 0.6) is 11.5 Å². The van der Waals surface area contributed by atoms with Crippen LogP contribution in [0.2, 0.25) is 0 Å². The quantitative estimate of drug-likeness (QED) is 0.614. The van der Waals surface area contributed by atoms with Gasteiger partial charge in [-0.1, -0.05) is 6.07 Å². The van der Waals surface area contributed by atoms with Crippen molar-refractivity contribution in [1.29, 1.82) is 5.26 Å². The molecule has 9 heteroatoms. The minimum atomic E-state index is 0.252. The van der Waals surface area contributed by atoms with Crippen LogP contribution in [-0.4, -0.2) is 47.1 Å². The van der Waals surface area contributed by atoms with Gasteiger partial charge in [-0.25, -0.2) is 9.97 Å². The Bertz CT molecular complexity index is 1020. The number of nitrogens with zero attached hydrogens (tertiary/aromatic N) is 4. The highest BCUT2D eigenvalue weighted by Crippen LogP contribution is 2.38. The van der Waals surface area contributed by atoms with Gasteiger partial charge in [-0.3, -0.25) is 5.10 Å². The van der Waals surface area contributed by atoms with Crippen LogP contribution in [0.25, 0.3) is 11.3 Å². The number of benzene rings is 1. The zero-order valence-corrected chi connectivity index (χ0v) is 16.6. The fourth-order valence-electron chi connectivity index (χ4n) is 3.31. The maximum absolute atomic E-state index is 8.83. The summed E-state index contributed by atoms with van der Waals surface area (Å²) >= 11 is 0. The van der Waals surface area contributed by atoms with E-state index < -0.39 is 0 Å². The maximum atomic E-state index is 8.83. The molecule has 4 rings (SSSR count). The van der Waals surface area contributed by atoms with Gasteiger partial charge < -0.3 is 19.5 Å². The van der Waals surface area contributed by atoms with E-state index in [1.165, 1.54) is 12.4 Å². The number of hydrogen-bond donors (Lipinski definition) is 2. The van der Waals surface area contributed by atoms with Crippen molar-refractivity contribution >= 4 is 11.6 Å². The first kappa shape index (κ1) is 19.7. The largest absolute Gasteiger partial charge is 0.496 e. The molecule has 154 valence electrons. The monoisotopic (exact) mass is 406 g/mol. The number of aromatic nitrogens is 4. The number of rotatable bonds is 7. The molecular weight excluding hydrogens is 384 g/mol. The van der Waals surface area contributed by atoms with Crippen molar-refractivity contribution in [2.24, 2.45) is 5.92 Å². The van der Waals surface area contributed by atoms with Crippen molar-refractivity contribution in [1.82, 2.24) is 20.2 Å².